The Hall–Kier alpha value is -0.470. The van der Waals surface area contributed by atoms with E-state index in [-0.39, 0.29) is 0 Å². The molecular weight excluding hydrogens is 176 g/mol. The van der Waals surface area contributed by atoms with Gasteiger partial charge in [-0.2, -0.15) is 0 Å². The first kappa shape index (κ1) is 9.62. The van der Waals surface area contributed by atoms with Crippen LogP contribution in [0.3, 0.4) is 0 Å². The zero-order chi connectivity index (χ0) is 8.81. The number of aliphatic hydroxyl groups is 1. The Labute approximate surface area is 77.1 Å². The largest absolute Gasteiger partial charge is 0.467 e. The smallest absolute Gasteiger partial charge is 0.132 e. The van der Waals surface area contributed by atoms with E-state index in [0.29, 0.717) is 11.6 Å². The average molecular weight is 189 g/mol. The van der Waals surface area contributed by atoms with Crippen LogP contribution in [-0.4, -0.2) is 11.0 Å². The summed E-state index contributed by atoms with van der Waals surface area (Å²) in [6, 6.07) is 3.56. The van der Waals surface area contributed by atoms with Gasteiger partial charge in [-0.3, -0.25) is 0 Å². The summed E-state index contributed by atoms with van der Waals surface area (Å²) in [6.45, 7) is 0. The summed E-state index contributed by atoms with van der Waals surface area (Å²) >= 11 is 5.50. The second kappa shape index (κ2) is 5.22. The van der Waals surface area contributed by atoms with Gasteiger partial charge in [0.1, 0.15) is 11.9 Å². The first-order chi connectivity index (χ1) is 5.84. The number of hydrogen-bond donors (Lipinski definition) is 1. The van der Waals surface area contributed by atoms with Crippen LogP contribution < -0.4 is 0 Å². The maximum absolute atomic E-state index is 9.50. The highest BCUT2D eigenvalue weighted by Gasteiger charge is 2.08. The van der Waals surface area contributed by atoms with Gasteiger partial charge in [0, 0.05) is 5.88 Å². The van der Waals surface area contributed by atoms with Crippen molar-refractivity contribution in [3.8, 4) is 0 Å². The minimum atomic E-state index is -0.469. The summed E-state index contributed by atoms with van der Waals surface area (Å²) in [5.41, 5.74) is 0. The van der Waals surface area contributed by atoms with Crippen LogP contribution in [0.2, 0.25) is 0 Å². The van der Waals surface area contributed by atoms with Gasteiger partial charge in [0.15, 0.2) is 0 Å². The highest BCUT2D eigenvalue weighted by Crippen LogP contribution is 2.19. The highest BCUT2D eigenvalue weighted by atomic mass is 35.5. The first-order valence-corrected chi connectivity index (χ1v) is 4.65. The molecule has 0 spiro atoms. The molecule has 12 heavy (non-hydrogen) atoms. The zero-order valence-corrected chi connectivity index (χ0v) is 7.63. The van der Waals surface area contributed by atoms with Crippen molar-refractivity contribution in [2.75, 3.05) is 5.88 Å². The molecular formula is C9H13ClO2. The molecule has 0 fully saturated rings. The third kappa shape index (κ3) is 2.88. The summed E-state index contributed by atoms with van der Waals surface area (Å²) in [5, 5.41) is 9.50. The Bertz CT molecular complexity index is 196. The van der Waals surface area contributed by atoms with E-state index >= 15 is 0 Å². The lowest BCUT2D eigenvalue weighted by Gasteiger charge is -2.05. The summed E-state index contributed by atoms with van der Waals surface area (Å²) in [5.74, 6) is 1.30. The first-order valence-electron chi connectivity index (χ1n) is 4.12. The quantitative estimate of drug-likeness (QED) is 0.570. The lowest BCUT2D eigenvalue weighted by Crippen LogP contribution is -1.95. The molecule has 0 amide bonds. The summed E-state index contributed by atoms with van der Waals surface area (Å²) in [7, 11) is 0. The van der Waals surface area contributed by atoms with E-state index in [1.807, 2.05) is 0 Å². The van der Waals surface area contributed by atoms with Gasteiger partial charge in [-0.15, -0.1) is 11.6 Å². The van der Waals surface area contributed by atoms with Crippen LogP contribution in [0.25, 0.3) is 0 Å². The van der Waals surface area contributed by atoms with Crippen molar-refractivity contribution >= 4 is 11.6 Å². The molecule has 1 aromatic rings. The van der Waals surface area contributed by atoms with E-state index in [9.17, 15) is 5.11 Å². The SMILES string of the molecule is OC(CCCCCl)c1ccco1. The Morgan fingerprint density at radius 1 is 1.50 bits per heavy atom. The van der Waals surface area contributed by atoms with Crippen LogP contribution in [-0.2, 0) is 0 Å². The molecule has 0 aromatic carbocycles. The number of furan rings is 1. The minimum absolute atomic E-state index is 0.469. The summed E-state index contributed by atoms with van der Waals surface area (Å²) in [6.07, 6.45) is 3.70. The molecule has 3 heteroatoms. The van der Waals surface area contributed by atoms with Gasteiger partial charge in [0.25, 0.3) is 0 Å². The third-order valence-corrected chi connectivity index (χ3v) is 2.00. The molecule has 1 N–H and O–H groups in total. The van der Waals surface area contributed by atoms with E-state index in [4.69, 9.17) is 16.0 Å². The molecule has 0 saturated heterocycles. The number of unbranched alkanes of at least 4 members (excludes halogenated alkanes) is 1. The van der Waals surface area contributed by atoms with E-state index in [1.165, 1.54) is 0 Å². The van der Waals surface area contributed by atoms with Gasteiger partial charge in [-0.05, 0) is 31.4 Å². The zero-order valence-electron chi connectivity index (χ0n) is 6.87. The van der Waals surface area contributed by atoms with Crippen molar-refractivity contribution in [2.24, 2.45) is 0 Å². The van der Waals surface area contributed by atoms with Gasteiger partial charge >= 0.3 is 0 Å². The maximum Gasteiger partial charge on any atom is 0.132 e. The van der Waals surface area contributed by atoms with Gasteiger partial charge in [0.05, 0.1) is 6.26 Å². The molecule has 0 radical (unpaired) electrons. The number of alkyl halides is 1. The molecule has 1 aromatic heterocycles. The van der Waals surface area contributed by atoms with Crippen LogP contribution in [0.5, 0.6) is 0 Å². The van der Waals surface area contributed by atoms with Crippen LogP contribution in [0, 0.1) is 0 Å². The predicted octanol–water partition coefficient (Wildman–Crippen LogP) is 2.72. The van der Waals surface area contributed by atoms with E-state index < -0.39 is 6.10 Å². The van der Waals surface area contributed by atoms with Crippen molar-refractivity contribution < 1.29 is 9.52 Å². The fourth-order valence-corrected chi connectivity index (χ4v) is 1.24. The predicted molar refractivity (Wildman–Crippen MR) is 48.2 cm³/mol. The summed E-state index contributed by atoms with van der Waals surface area (Å²) in [4.78, 5) is 0. The number of aliphatic hydroxyl groups excluding tert-OH is 1. The Kier molecular flexibility index (Phi) is 4.19. The highest BCUT2D eigenvalue weighted by molar-refractivity contribution is 6.17. The van der Waals surface area contributed by atoms with Crippen LogP contribution >= 0.6 is 11.6 Å². The van der Waals surface area contributed by atoms with Crippen molar-refractivity contribution in [1.29, 1.82) is 0 Å². The molecule has 68 valence electrons. The van der Waals surface area contributed by atoms with Crippen LogP contribution in [0.1, 0.15) is 31.1 Å². The van der Waals surface area contributed by atoms with Gasteiger partial charge in [-0.1, -0.05) is 0 Å². The van der Waals surface area contributed by atoms with E-state index in [1.54, 1.807) is 18.4 Å². The lowest BCUT2D eigenvalue weighted by molar-refractivity contribution is 0.137. The minimum Gasteiger partial charge on any atom is -0.467 e. The second-order valence-electron chi connectivity index (χ2n) is 2.72. The number of hydrogen-bond acceptors (Lipinski definition) is 2. The van der Waals surface area contributed by atoms with Crippen molar-refractivity contribution in [2.45, 2.75) is 25.4 Å². The molecule has 1 heterocycles. The molecule has 0 aliphatic carbocycles. The number of rotatable bonds is 5. The molecule has 1 unspecified atom stereocenters. The van der Waals surface area contributed by atoms with Crippen molar-refractivity contribution in [1.82, 2.24) is 0 Å². The molecule has 1 rings (SSSR count). The lowest BCUT2D eigenvalue weighted by atomic mass is 10.1. The van der Waals surface area contributed by atoms with Crippen LogP contribution in [0.15, 0.2) is 22.8 Å². The standard InChI is InChI=1S/C9H13ClO2/c10-6-2-1-4-8(11)9-5-3-7-12-9/h3,5,7-8,11H,1-2,4,6H2. The maximum atomic E-state index is 9.50. The number of halogens is 1. The van der Waals surface area contributed by atoms with Crippen molar-refractivity contribution in [3.63, 3.8) is 0 Å². The van der Waals surface area contributed by atoms with Crippen molar-refractivity contribution in [3.05, 3.63) is 24.2 Å². The summed E-state index contributed by atoms with van der Waals surface area (Å²) < 4.78 is 5.04. The Balaban J connectivity index is 2.25. The van der Waals surface area contributed by atoms with Gasteiger partial charge < -0.3 is 9.52 Å². The molecule has 0 aliphatic rings. The fraction of sp³-hybridized carbons (Fsp3) is 0.556. The second-order valence-corrected chi connectivity index (χ2v) is 3.09. The van der Waals surface area contributed by atoms with Gasteiger partial charge in [0.2, 0.25) is 0 Å². The van der Waals surface area contributed by atoms with Crippen LogP contribution in [0.4, 0.5) is 0 Å². The monoisotopic (exact) mass is 188 g/mol. The Morgan fingerprint density at radius 3 is 2.92 bits per heavy atom. The van der Waals surface area contributed by atoms with Gasteiger partial charge in [-0.25, -0.2) is 0 Å². The molecule has 0 saturated carbocycles. The topological polar surface area (TPSA) is 33.4 Å². The van der Waals surface area contributed by atoms with E-state index in [0.717, 1.165) is 19.3 Å². The molecule has 0 bridgehead atoms. The molecule has 0 aliphatic heterocycles. The fourth-order valence-electron chi connectivity index (χ4n) is 1.06. The Morgan fingerprint density at radius 2 is 2.33 bits per heavy atom. The molecule has 1 atom stereocenters. The normalized spacial score (nSPS) is 13.2. The van der Waals surface area contributed by atoms with E-state index in [2.05, 4.69) is 0 Å². The third-order valence-electron chi connectivity index (χ3n) is 1.73. The molecule has 2 nitrogen and oxygen atoms in total. The average Bonchev–Trinajstić information content (AvgIpc) is 2.56.